The maximum Gasteiger partial charge on any atom is 0.390 e. The number of benzene rings is 1. The van der Waals surface area contributed by atoms with Gasteiger partial charge in [0.25, 0.3) is 5.69 Å². The van der Waals surface area contributed by atoms with Crippen LogP contribution in [0, 0.1) is 10.1 Å². The van der Waals surface area contributed by atoms with Crippen LogP contribution in [0.1, 0.15) is 18.0 Å². The van der Waals surface area contributed by atoms with E-state index in [2.05, 4.69) is 0 Å². The molecule has 0 heterocycles. The van der Waals surface area contributed by atoms with E-state index in [9.17, 15) is 23.3 Å². The Balaban J connectivity index is 0.00000289. The fraction of sp³-hybridized carbons (Fsp3) is 0.333. The van der Waals surface area contributed by atoms with Crippen molar-refractivity contribution >= 4 is 18.1 Å². The molecule has 1 aromatic carbocycles. The number of nitrogens with zero attached hydrogens (tertiary/aromatic N) is 1. The Bertz CT molecular complexity index is 440. The first-order chi connectivity index (χ1) is 7.70. The molecule has 18 heavy (non-hydrogen) atoms. The molecule has 0 aliphatic carbocycles. The van der Waals surface area contributed by atoms with Crippen molar-refractivity contribution in [2.45, 2.75) is 18.6 Å². The summed E-state index contributed by atoms with van der Waals surface area (Å²) in [6.45, 7) is 0. The lowest BCUT2D eigenvalue weighted by Gasteiger charge is -2.14. The predicted molar refractivity (Wildman–Crippen MR) is 59.6 cm³/mol. The number of phenolic OH excluding ortho intramolecular Hbond substituents is 1. The summed E-state index contributed by atoms with van der Waals surface area (Å²) < 4.78 is 36.3. The largest absolute Gasteiger partial charge is 0.508 e. The molecule has 0 saturated heterocycles. The van der Waals surface area contributed by atoms with Gasteiger partial charge in [-0.25, -0.2) is 0 Å². The Morgan fingerprint density at radius 2 is 2.00 bits per heavy atom. The highest BCUT2D eigenvalue weighted by Gasteiger charge is 2.33. The van der Waals surface area contributed by atoms with Crippen LogP contribution in [0.3, 0.4) is 0 Å². The molecule has 1 rings (SSSR count). The van der Waals surface area contributed by atoms with Gasteiger partial charge < -0.3 is 10.8 Å². The molecule has 3 N–H and O–H groups in total. The van der Waals surface area contributed by atoms with Crippen molar-refractivity contribution in [3.8, 4) is 5.75 Å². The summed E-state index contributed by atoms with van der Waals surface area (Å²) in [5.74, 6) is -0.372. The highest BCUT2D eigenvalue weighted by Crippen LogP contribution is 2.34. The molecule has 0 unspecified atom stereocenters. The number of alkyl halides is 3. The third-order valence-electron chi connectivity index (χ3n) is 2.06. The first-order valence-electron chi connectivity index (χ1n) is 4.50. The molecule has 0 bridgehead atoms. The number of nitro groups is 1. The van der Waals surface area contributed by atoms with Gasteiger partial charge in [0.1, 0.15) is 5.75 Å². The normalized spacial score (nSPS) is 12.7. The highest BCUT2D eigenvalue weighted by molar-refractivity contribution is 5.85. The standard InChI is InChI=1S/C9H9F3N2O3.ClH/c10-9(11,12)4-7(13)6-3-5(15)1-2-8(6)14(16)17;/h1-3,7,15H,4,13H2;1H/t7-;/m1./s1. The molecule has 0 saturated carbocycles. The summed E-state index contributed by atoms with van der Waals surface area (Å²) in [5.41, 5.74) is 4.37. The number of nitrogens with two attached hydrogens (primary N) is 1. The molecule has 0 aromatic heterocycles. The third-order valence-corrected chi connectivity index (χ3v) is 2.06. The monoisotopic (exact) mass is 286 g/mol. The lowest BCUT2D eigenvalue weighted by atomic mass is 10.0. The molecule has 0 aliphatic rings. The minimum Gasteiger partial charge on any atom is -0.508 e. The molecule has 0 amide bonds. The van der Waals surface area contributed by atoms with Crippen molar-refractivity contribution in [1.29, 1.82) is 0 Å². The summed E-state index contributed by atoms with van der Waals surface area (Å²) in [5, 5.41) is 19.7. The lowest BCUT2D eigenvalue weighted by Crippen LogP contribution is -2.21. The van der Waals surface area contributed by atoms with Crippen LogP contribution < -0.4 is 5.73 Å². The maximum absolute atomic E-state index is 12.1. The number of hydrogen-bond donors (Lipinski definition) is 2. The average Bonchev–Trinajstić information content (AvgIpc) is 2.14. The first kappa shape index (κ1) is 16.5. The van der Waals surface area contributed by atoms with Crippen LogP contribution in [0.5, 0.6) is 5.75 Å². The van der Waals surface area contributed by atoms with Crippen LogP contribution >= 0.6 is 12.4 Å². The van der Waals surface area contributed by atoms with Crippen LogP contribution in [-0.4, -0.2) is 16.2 Å². The molecule has 0 spiro atoms. The van der Waals surface area contributed by atoms with Gasteiger partial charge in [-0.2, -0.15) is 13.2 Å². The smallest absolute Gasteiger partial charge is 0.390 e. The van der Waals surface area contributed by atoms with E-state index in [1.807, 2.05) is 0 Å². The molecule has 0 aliphatic heterocycles. The van der Waals surface area contributed by atoms with Crippen molar-refractivity contribution in [3.63, 3.8) is 0 Å². The fourth-order valence-corrected chi connectivity index (χ4v) is 1.36. The van der Waals surface area contributed by atoms with Gasteiger partial charge in [0.05, 0.1) is 16.9 Å². The third kappa shape index (κ3) is 4.38. The molecule has 1 atom stereocenters. The van der Waals surface area contributed by atoms with Gasteiger partial charge in [0, 0.05) is 12.1 Å². The van der Waals surface area contributed by atoms with Crippen molar-refractivity contribution in [1.82, 2.24) is 0 Å². The van der Waals surface area contributed by atoms with Gasteiger partial charge in [-0.05, 0) is 12.1 Å². The van der Waals surface area contributed by atoms with Gasteiger partial charge in [-0.3, -0.25) is 10.1 Å². The summed E-state index contributed by atoms with van der Waals surface area (Å²) in [6.07, 6.45) is -5.92. The Hall–Kier alpha value is -1.54. The van der Waals surface area contributed by atoms with Gasteiger partial charge in [-0.1, -0.05) is 0 Å². The van der Waals surface area contributed by atoms with Crippen LogP contribution in [0.2, 0.25) is 0 Å². The van der Waals surface area contributed by atoms with E-state index in [0.717, 1.165) is 18.2 Å². The summed E-state index contributed by atoms with van der Waals surface area (Å²) >= 11 is 0. The van der Waals surface area contributed by atoms with E-state index < -0.39 is 29.2 Å². The van der Waals surface area contributed by atoms with E-state index in [1.54, 1.807) is 0 Å². The topological polar surface area (TPSA) is 89.4 Å². The number of hydrogen-bond acceptors (Lipinski definition) is 4. The van der Waals surface area contributed by atoms with Crippen molar-refractivity contribution in [2.24, 2.45) is 5.73 Å². The van der Waals surface area contributed by atoms with E-state index >= 15 is 0 Å². The van der Waals surface area contributed by atoms with Crippen LogP contribution in [0.4, 0.5) is 18.9 Å². The van der Waals surface area contributed by atoms with Crippen LogP contribution in [-0.2, 0) is 0 Å². The minimum atomic E-state index is -4.53. The van der Waals surface area contributed by atoms with E-state index in [-0.39, 0.29) is 23.7 Å². The zero-order valence-electron chi connectivity index (χ0n) is 8.85. The quantitative estimate of drug-likeness (QED) is 0.660. The Morgan fingerprint density at radius 3 is 2.44 bits per heavy atom. The zero-order valence-corrected chi connectivity index (χ0v) is 9.66. The average molecular weight is 287 g/mol. The molecule has 5 nitrogen and oxygen atoms in total. The van der Waals surface area contributed by atoms with Gasteiger partial charge in [-0.15, -0.1) is 12.4 Å². The van der Waals surface area contributed by atoms with Crippen LogP contribution in [0.25, 0.3) is 0 Å². The second-order valence-electron chi connectivity index (χ2n) is 3.43. The van der Waals surface area contributed by atoms with E-state index in [1.165, 1.54) is 0 Å². The second-order valence-corrected chi connectivity index (χ2v) is 3.43. The van der Waals surface area contributed by atoms with Crippen molar-refractivity contribution in [2.75, 3.05) is 0 Å². The molecule has 0 radical (unpaired) electrons. The summed E-state index contributed by atoms with van der Waals surface area (Å²) in [4.78, 5) is 9.75. The van der Waals surface area contributed by atoms with Crippen molar-refractivity contribution in [3.05, 3.63) is 33.9 Å². The Labute approximate surface area is 106 Å². The lowest BCUT2D eigenvalue weighted by molar-refractivity contribution is -0.385. The first-order valence-corrected chi connectivity index (χ1v) is 4.50. The number of halogens is 4. The van der Waals surface area contributed by atoms with Crippen LogP contribution in [0.15, 0.2) is 18.2 Å². The SMILES string of the molecule is Cl.N[C@H](CC(F)(F)F)c1cc(O)ccc1[N+](=O)[O-]. The zero-order chi connectivity index (χ0) is 13.2. The molecular formula is C9H10ClF3N2O3. The second kappa shape index (κ2) is 5.87. The Kier molecular flexibility index (Phi) is 5.37. The number of nitro benzene ring substituents is 1. The maximum atomic E-state index is 12.1. The Morgan fingerprint density at radius 1 is 1.44 bits per heavy atom. The molecule has 9 heteroatoms. The predicted octanol–water partition coefficient (Wildman–Crippen LogP) is 2.67. The summed E-state index contributed by atoms with van der Waals surface area (Å²) in [7, 11) is 0. The van der Waals surface area contributed by atoms with Crippen molar-refractivity contribution < 1.29 is 23.2 Å². The number of aromatic hydroxyl groups is 1. The highest BCUT2D eigenvalue weighted by atomic mass is 35.5. The van der Waals surface area contributed by atoms with E-state index in [0.29, 0.717) is 0 Å². The molecule has 1 aromatic rings. The van der Waals surface area contributed by atoms with Gasteiger partial charge in [0.15, 0.2) is 0 Å². The molecule has 102 valence electrons. The fourth-order valence-electron chi connectivity index (χ4n) is 1.36. The van der Waals surface area contributed by atoms with Gasteiger partial charge in [0.2, 0.25) is 0 Å². The molecule has 0 fully saturated rings. The molecular weight excluding hydrogens is 277 g/mol. The van der Waals surface area contributed by atoms with Gasteiger partial charge >= 0.3 is 6.18 Å². The number of phenols is 1. The van der Waals surface area contributed by atoms with E-state index in [4.69, 9.17) is 10.8 Å². The minimum absolute atomic E-state index is 0. The summed E-state index contributed by atoms with van der Waals surface area (Å²) in [6, 6.07) is 1.22. The number of rotatable bonds is 3.